The topological polar surface area (TPSA) is 42.0 Å². The molecular formula is C12H15BrN2O. The minimum Gasteiger partial charge on any atom is -0.325 e. The fourth-order valence-corrected chi connectivity index (χ4v) is 2.50. The van der Waals surface area contributed by atoms with Gasteiger partial charge in [-0.2, -0.15) is 0 Å². The van der Waals surface area contributed by atoms with Gasteiger partial charge in [-0.05, 0) is 40.8 Å². The van der Waals surface area contributed by atoms with Crippen molar-refractivity contribution < 1.29 is 4.79 Å². The standard InChI is InChI=1S/C12H15BrN2O/c13-10-8-14-6-5-11(10)15-12(16)7-9-3-1-2-4-9/h5-6,8-9H,1-4,7H2,(H,14,15,16). The molecule has 1 aliphatic carbocycles. The Morgan fingerprint density at radius 3 is 2.94 bits per heavy atom. The summed E-state index contributed by atoms with van der Waals surface area (Å²) in [5.41, 5.74) is 0.804. The van der Waals surface area contributed by atoms with Gasteiger partial charge in [0.15, 0.2) is 0 Å². The molecule has 1 aromatic heterocycles. The molecule has 86 valence electrons. The van der Waals surface area contributed by atoms with Crippen LogP contribution in [0, 0.1) is 5.92 Å². The van der Waals surface area contributed by atoms with Crippen molar-refractivity contribution in [1.82, 2.24) is 4.98 Å². The third kappa shape index (κ3) is 3.04. The van der Waals surface area contributed by atoms with Crippen LogP contribution < -0.4 is 5.32 Å². The van der Waals surface area contributed by atoms with Crippen molar-refractivity contribution in [3.8, 4) is 0 Å². The van der Waals surface area contributed by atoms with Crippen LogP contribution >= 0.6 is 15.9 Å². The molecule has 0 unspecified atom stereocenters. The van der Waals surface area contributed by atoms with E-state index in [0.29, 0.717) is 12.3 Å². The van der Waals surface area contributed by atoms with Crippen LogP contribution in [-0.2, 0) is 4.79 Å². The van der Waals surface area contributed by atoms with E-state index in [1.165, 1.54) is 25.7 Å². The summed E-state index contributed by atoms with van der Waals surface area (Å²) in [6.07, 6.45) is 8.96. The number of halogens is 1. The minimum absolute atomic E-state index is 0.110. The fraction of sp³-hybridized carbons (Fsp3) is 0.500. The van der Waals surface area contributed by atoms with E-state index in [0.717, 1.165) is 10.2 Å². The molecule has 0 saturated heterocycles. The Hall–Kier alpha value is -0.900. The highest BCUT2D eigenvalue weighted by Crippen LogP contribution is 2.28. The molecule has 1 saturated carbocycles. The Labute approximate surface area is 104 Å². The van der Waals surface area contributed by atoms with Crippen LogP contribution in [0.3, 0.4) is 0 Å². The molecule has 0 aromatic carbocycles. The normalized spacial score (nSPS) is 16.3. The summed E-state index contributed by atoms with van der Waals surface area (Å²) in [6, 6.07) is 1.80. The van der Waals surface area contributed by atoms with Crippen molar-refractivity contribution in [3.05, 3.63) is 22.9 Å². The van der Waals surface area contributed by atoms with Crippen molar-refractivity contribution in [2.75, 3.05) is 5.32 Å². The molecule has 2 rings (SSSR count). The highest BCUT2D eigenvalue weighted by molar-refractivity contribution is 9.10. The van der Waals surface area contributed by atoms with Gasteiger partial charge < -0.3 is 5.32 Å². The van der Waals surface area contributed by atoms with E-state index in [1.54, 1.807) is 18.5 Å². The second-order valence-electron chi connectivity index (χ2n) is 4.26. The second kappa shape index (κ2) is 5.43. The SMILES string of the molecule is O=C(CC1CCCC1)Nc1ccncc1Br. The van der Waals surface area contributed by atoms with Crippen molar-refractivity contribution in [1.29, 1.82) is 0 Å². The lowest BCUT2D eigenvalue weighted by Crippen LogP contribution is -2.15. The van der Waals surface area contributed by atoms with Crippen LogP contribution in [0.1, 0.15) is 32.1 Å². The second-order valence-corrected chi connectivity index (χ2v) is 5.11. The van der Waals surface area contributed by atoms with E-state index in [9.17, 15) is 4.79 Å². The number of amides is 1. The highest BCUT2D eigenvalue weighted by atomic mass is 79.9. The summed E-state index contributed by atoms with van der Waals surface area (Å²) in [5.74, 6) is 0.694. The molecule has 16 heavy (non-hydrogen) atoms. The Balaban J connectivity index is 1.89. The first-order chi connectivity index (χ1) is 7.75. The van der Waals surface area contributed by atoms with Crippen LogP contribution in [0.4, 0.5) is 5.69 Å². The summed E-state index contributed by atoms with van der Waals surface area (Å²) in [7, 11) is 0. The fourth-order valence-electron chi connectivity index (χ4n) is 2.15. The van der Waals surface area contributed by atoms with Gasteiger partial charge in [-0.3, -0.25) is 9.78 Å². The van der Waals surface area contributed by atoms with Crippen LogP contribution in [0.2, 0.25) is 0 Å². The van der Waals surface area contributed by atoms with Crippen LogP contribution in [0.15, 0.2) is 22.9 Å². The number of nitrogens with one attached hydrogen (secondary N) is 1. The predicted octanol–water partition coefficient (Wildman–Crippen LogP) is 3.36. The Bertz CT molecular complexity index is 375. The van der Waals surface area contributed by atoms with Crippen LogP contribution in [0.5, 0.6) is 0 Å². The summed E-state index contributed by atoms with van der Waals surface area (Å²) >= 11 is 3.36. The number of aromatic nitrogens is 1. The molecule has 0 aliphatic heterocycles. The largest absolute Gasteiger partial charge is 0.325 e. The summed E-state index contributed by atoms with van der Waals surface area (Å²) in [4.78, 5) is 15.7. The maximum Gasteiger partial charge on any atom is 0.224 e. The summed E-state index contributed by atoms with van der Waals surface area (Å²) in [6.45, 7) is 0. The number of hydrogen-bond donors (Lipinski definition) is 1. The molecular weight excluding hydrogens is 268 g/mol. The van der Waals surface area contributed by atoms with Crippen LogP contribution in [0.25, 0.3) is 0 Å². The van der Waals surface area contributed by atoms with Gasteiger partial charge >= 0.3 is 0 Å². The lowest BCUT2D eigenvalue weighted by molar-refractivity contribution is -0.117. The first kappa shape index (κ1) is 11.6. The third-order valence-corrected chi connectivity index (χ3v) is 3.63. The number of nitrogens with zero attached hydrogens (tertiary/aromatic N) is 1. The minimum atomic E-state index is 0.110. The van der Waals surface area contributed by atoms with Crippen molar-refractivity contribution in [2.24, 2.45) is 5.92 Å². The lowest BCUT2D eigenvalue weighted by atomic mass is 10.0. The molecule has 1 amide bonds. The zero-order valence-corrected chi connectivity index (χ0v) is 10.7. The average Bonchev–Trinajstić information content (AvgIpc) is 2.74. The van der Waals surface area contributed by atoms with Gasteiger partial charge in [0.2, 0.25) is 5.91 Å². The number of rotatable bonds is 3. The van der Waals surface area contributed by atoms with Gasteiger partial charge in [-0.25, -0.2) is 0 Å². The number of pyridine rings is 1. The van der Waals surface area contributed by atoms with Gasteiger partial charge in [0.05, 0.1) is 10.2 Å². The Morgan fingerprint density at radius 2 is 2.25 bits per heavy atom. The van der Waals surface area contributed by atoms with Gasteiger partial charge in [-0.1, -0.05) is 12.8 Å². The van der Waals surface area contributed by atoms with Crippen LogP contribution in [-0.4, -0.2) is 10.9 Å². The average molecular weight is 283 g/mol. The highest BCUT2D eigenvalue weighted by Gasteiger charge is 2.18. The molecule has 0 bridgehead atoms. The summed E-state index contributed by atoms with van der Waals surface area (Å²) < 4.78 is 0.828. The van der Waals surface area contributed by atoms with Gasteiger partial charge in [0.25, 0.3) is 0 Å². The van der Waals surface area contributed by atoms with E-state index in [-0.39, 0.29) is 5.91 Å². The van der Waals surface area contributed by atoms with E-state index in [4.69, 9.17) is 0 Å². The number of hydrogen-bond acceptors (Lipinski definition) is 2. The van der Waals surface area contributed by atoms with E-state index < -0.39 is 0 Å². The molecule has 1 heterocycles. The number of carbonyl (C=O) groups is 1. The molecule has 1 fully saturated rings. The number of carbonyl (C=O) groups excluding carboxylic acids is 1. The molecule has 1 N–H and O–H groups in total. The van der Waals surface area contributed by atoms with Gasteiger partial charge in [0, 0.05) is 18.8 Å². The third-order valence-electron chi connectivity index (χ3n) is 3.00. The van der Waals surface area contributed by atoms with E-state index >= 15 is 0 Å². The summed E-state index contributed by atoms with van der Waals surface area (Å²) in [5, 5.41) is 2.91. The maximum atomic E-state index is 11.8. The predicted molar refractivity (Wildman–Crippen MR) is 67.1 cm³/mol. The van der Waals surface area contributed by atoms with Gasteiger partial charge in [0.1, 0.15) is 0 Å². The Morgan fingerprint density at radius 1 is 1.50 bits per heavy atom. The smallest absolute Gasteiger partial charge is 0.224 e. The molecule has 0 spiro atoms. The van der Waals surface area contributed by atoms with Crippen molar-refractivity contribution >= 4 is 27.5 Å². The molecule has 0 radical (unpaired) electrons. The Kier molecular flexibility index (Phi) is 3.93. The first-order valence-electron chi connectivity index (χ1n) is 5.65. The molecule has 3 nitrogen and oxygen atoms in total. The molecule has 0 atom stereocenters. The van der Waals surface area contributed by atoms with E-state index in [1.807, 2.05) is 0 Å². The maximum absolute atomic E-state index is 11.8. The quantitative estimate of drug-likeness (QED) is 0.924. The zero-order chi connectivity index (χ0) is 11.4. The molecule has 1 aromatic rings. The first-order valence-corrected chi connectivity index (χ1v) is 6.44. The van der Waals surface area contributed by atoms with E-state index in [2.05, 4.69) is 26.2 Å². The monoisotopic (exact) mass is 282 g/mol. The lowest BCUT2D eigenvalue weighted by Gasteiger charge is -2.10. The molecule has 1 aliphatic rings. The number of anilines is 1. The van der Waals surface area contributed by atoms with Gasteiger partial charge in [-0.15, -0.1) is 0 Å². The zero-order valence-electron chi connectivity index (χ0n) is 9.08. The van der Waals surface area contributed by atoms with Crippen molar-refractivity contribution in [2.45, 2.75) is 32.1 Å². The van der Waals surface area contributed by atoms with Crippen molar-refractivity contribution in [3.63, 3.8) is 0 Å². The molecule has 4 heteroatoms.